The molecule has 2 amide bonds. The normalized spacial score (nSPS) is 17.3. The van der Waals surface area contributed by atoms with Gasteiger partial charge in [0.2, 0.25) is 15.9 Å². The number of fused-ring (bicyclic) bond motifs is 1. The van der Waals surface area contributed by atoms with Gasteiger partial charge in [-0.25, -0.2) is 26.4 Å². The van der Waals surface area contributed by atoms with Crippen molar-refractivity contribution in [2.24, 2.45) is 5.73 Å². The van der Waals surface area contributed by atoms with Gasteiger partial charge in [0, 0.05) is 43.4 Å². The van der Waals surface area contributed by atoms with E-state index in [-0.39, 0.29) is 49.5 Å². The van der Waals surface area contributed by atoms with E-state index in [9.17, 15) is 36.7 Å². The van der Waals surface area contributed by atoms with Gasteiger partial charge in [-0.2, -0.15) is 9.40 Å². The molecule has 0 unspecified atom stereocenters. The first-order valence-corrected chi connectivity index (χ1v) is 13.8. The molecular weight excluding hydrogens is 569 g/mol. The van der Waals surface area contributed by atoms with E-state index in [0.29, 0.717) is 30.3 Å². The Morgan fingerprint density at radius 1 is 1.10 bits per heavy atom. The number of nitrogens with zero attached hydrogens (tertiary/aromatic N) is 3. The fourth-order valence-corrected chi connectivity index (χ4v) is 6.55. The Morgan fingerprint density at radius 2 is 1.80 bits per heavy atom. The lowest BCUT2D eigenvalue weighted by Gasteiger charge is -2.26. The van der Waals surface area contributed by atoms with Crippen molar-refractivity contribution in [2.75, 3.05) is 23.3 Å². The predicted octanol–water partition coefficient (Wildman–Crippen LogP) is 1.98. The first-order valence-electron chi connectivity index (χ1n) is 12.3. The summed E-state index contributed by atoms with van der Waals surface area (Å²) < 4.78 is 70.4. The number of hydrogen-bond acceptors (Lipinski definition) is 7. The summed E-state index contributed by atoms with van der Waals surface area (Å²) in [5.41, 5.74) is 4.66. The van der Waals surface area contributed by atoms with E-state index < -0.39 is 67.3 Å². The number of benzene rings is 2. The number of rotatable bonds is 7. The van der Waals surface area contributed by atoms with Crippen molar-refractivity contribution >= 4 is 39.3 Å². The van der Waals surface area contributed by atoms with Gasteiger partial charge in [0.05, 0.1) is 21.7 Å². The molecule has 16 heteroatoms. The summed E-state index contributed by atoms with van der Waals surface area (Å²) in [5, 5.41) is 18.6. The number of sulfonamides is 1. The highest BCUT2D eigenvalue weighted by Crippen LogP contribution is 2.33. The number of carboxylic acid groups (broad SMARTS) is 1. The Labute approximate surface area is 231 Å². The highest BCUT2D eigenvalue weighted by atomic mass is 32.2. The van der Waals surface area contributed by atoms with Crippen molar-refractivity contribution in [3.8, 4) is 0 Å². The number of nitrogens with two attached hydrogens (primary N) is 1. The van der Waals surface area contributed by atoms with Crippen LogP contribution >= 0.6 is 0 Å². The molecule has 216 valence electrons. The second kappa shape index (κ2) is 10.5. The molecule has 3 aromatic rings. The third-order valence-corrected chi connectivity index (χ3v) is 8.89. The molecule has 41 heavy (non-hydrogen) atoms. The zero-order valence-electron chi connectivity index (χ0n) is 21.2. The molecule has 1 atom stereocenters. The van der Waals surface area contributed by atoms with Gasteiger partial charge in [0.25, 0.3) is 5.91 Å². The molecule has 1 aromatic heterocycles. The molecule has 2 aromatic carbocycles. The smallest absolute Gasteiger partial charge is 0.326 e. The van der Waals surface area contributed by atoms with Gasteiger partial charge in [-0.3, -0.25) is 14.7 Å². The highest BCUT2D eigenvalue weighted by Gasteiger charge is 2.36. The lowest BCUT2D eigenvalue weighted by Crippen LogP contribution is -2.37. The molecule has 0 bridgehead atoms. The van der Waals surface area contributed by atoms with Crippen LogP contribution in [0.15, 0.2) is 35.2 Å². The third-order valence-electron chi connectivity index (χ3n) is 7.07. The average molecular weight is 593 g/mol. The fraction of sp³-hybridized carbons (Fsp3) is 0.280. The van der Waals surface area contributed by atoms with Crippen LogP contribution in [-0.2, 0) is 27.8 Å². The molecule has 5 N–H and O–H groups in total. The van der Waals surface area contributed by atoms with Crippen LogP contribution in [-0.4, -0.2) is 64.9 Å². The summed E-state index contributed by atoms with van der Waals surface area (Å²) in [6.07, 6.45) is 0.836. The molecule has 2 aliphatic heterocycles. The minimum absolute atomic E-state index is 0.0634. The number of primary amides is 1. The summed E-state index contributed by atoms with van der Waals surface area (Å²) in [7, 11) is -4.35. The fourth-order valence-electron chi connectivity index (χ4n) is 5.10. The molecule has 1 saturated heterocycles. The average Bonchev–Trinajstić information content (AvgIpc) is 3.55. The van der Waals surface area contributed by atoms with Crippen LogP contribution in [0.4, 0.5) is 24.7 Å². The molecule has 2 aliphatic rings. The van der Waals surface area contributed by atoms with E-state index in [1.54, 1.807) is 0 Å². The number of aromatic nitrogens is 2. The first kappa shape index (κ1) is 28.1. The van der Waals surface area contributed by atoms with Gasteiger partial charge >= 0.3 is 5.97 Å². The van der Waals surface area contributed by atoms with Crippen molar-refractivity contribution < 1.29 is 41.1 Å². The SMILES string of the molecule is NC(=O)c1ccc(N2CCC[C@@H]2C(=O)O)c(F)c1C(=O)Nc1n[nH]c2c1CN(S(=O)(=O)c1cc(F)cc(F)c1)CC2. The van der Waals surface area contributed by atoms with Crippen LogP contribution in [0.25, 0.3) is 0 Å². The number of carbonyl (C=O) groups is 3. The topological polar surface area (TPSA) is 179 Å². The van der Waals surface area contributed by atoms with E-state index >= 15 is 4.39 Å². The summed E-state index contributed by atoms with van der Waals surface area (Å²) in [6, 6.07) is 3.18. The summed E-state index contributed by atoms with van der Waals surface area (Å²) in [6.45, 7) is -0.204. The van der Waals surface area contributed by atoms with E-state index in [1.807, 2.05) is 0 Å². The van der Waals surface area contributed by atoms with E-state index in [0.717, 1.165) is 10.4 Å². The van der Waals surface area contributed by atoms with Gasteiger partial charge in [-0.1, -0.05) is 0 Å². The van der Waals surface area contributed by atoms with Crippen LogP contribution in [0, 0.1) is 17.5 Å². The Kier molecular flexibility index (Phi) is 7.21. The standard InChI is InChI=1S/C25H23F3N6O6S/c26-12-8-13(27)10-14(9-12)41(39,40)33-7-5-17-16(11-33)23(32-31-17)30-24(36)20-15(22(29)35)3-4-18(21(20)28)34-6-1-2-19(34)25(37)38/h3-4,8-10,19H,1-2,5-7,11H2,(H2,29,35)(H,37,38)(H2,30,31,32,36)/t19-/m1/s1. The molecule has 0 radical (unpaired) electrons. The maximum Gasteiger partial charge on any atom is 0.326 e. The molecule has 3 heterocycles. The van der Waals surface area contributed by atoms with E-state index in [1.165, 1.54) is 11.0 Å². The number of anilines is 2. The number of hydrogen-bond donors (Lipinski definition) is 4. The zero-order valence-corrected chi connectivity index (χ0v) is 22.0. The monoisotopic (exact) mass is 592 g/mol. The summed E-state index contributed by atoms with van der Waals surface area (Å²) >= 11 is 0. The maximum absolute atomic E-state index is 15.8. The first-order chi connectivity index (χ1) is 19.4. The van der Waals surface area contributed by atoms with Crippen LogP contribution in [0.1, 0.15) is 44.8 Å². The lowest BCUT2D eigenvalue weighted by atomic mass is 10.0. The second-order valence-corrected chi connectivity index (χ2v) is 11.5. The number of nitrogens with one attached hydrogen (secondary N) is 2. The van der Waals surface area contributed by atoms with Crippen LogP contribution in [0.5, 0.6) is 0 Å². The summed E-state index contributed by atoms with van der Waals surface area (Å²) in [4.78, 5) is 37.7. The van der Waals surface area contributed by atoms with Crippen molar-refractivity contribution in [2.45, 2.75) is 36.7 Å². The number of halogens is 3. The largest absolute Gasteiger partial charge is 0.480 e. The molecule has 1 fully saturated rings. The number of H-pyrrole nitrogens is 1. The van der Waals surface area contributed by atoms with E-state index in [2.05, 4.69) is 15.5 Å². The molecule has 0 spiro atoms. The van der Waals surface area contributed by atoms with Crippen LogP contribution in [0.3, 0.4) is 0 Å². The van der Waals surface area contributed by atoms with Crippen molar-refractivity contribution in [1.29, 1.82) is 0 Å². The van der Waals surface area contributed by atoms with Gasteiger partial charge in [0.1, 0.15) is 17.7 Å². The molecule has 0 aliphatic carbocycles. The minimum Gasteiger partial charge on any atom is -0.480 e. The van der Waals surface area contributed by atoms with Crippen molar-refractivity contribution in [1.82, 2.24) is 14.5 Å². The second-order valence-electron chi connectivity index (χ2n) is 9.55. The molecule has 12 nitrogen and oxygen atoms in total. The molecule has 5 rings (SSSR count). The van der Waals surface area contributed by atoms with Crippen LogP contribution < -0.4 is 16.0 Å². The van der Waals surface area contributed by atoms with Gasteiger partial charge in [-0.05, 0) is 37.1 Å². The zero-order chi connectivity index (χ0) is 29.6. The van der Waals surface area contributed by atoms with Crippen LogP contribution in [0.2, 0.25) is 0 Å². The Bertz CT molecular complexity index is 1670. The Balaban J connectivity index is 1.46. The van der Waals surface area contributed by atoms with Gasteiger partial charge in [0.15, 0.2) is 11.6 Å². The van der Waals surface area contributed by atoms with E-state index in [4.69, 9.17) is 5.73 Å². The Morgan fingerprint density at radius 3 is 2.46 bits per heavy atom. The quantitative estimate of drug-likeness (QED) is 0.322. The number of amides is 2. The number of carboxylic acids is 1. The van der Waals surface area contributed by atoms with Crippen molar-refractivity contribution in [3.05, 3.63) is 70.2 Å². The number of aromatic amines is 1. The highest BCUT2D eigenvalue weighted by molar-refractivity contribution is 7.89. The Hall–Kier alpha value is -4.44. The third kappa shape index (κ3) is 5.11. The number of carbonyl (C=O) groups excluding carboxylic acids is 2. The number of aliphatic carboxylic acids is 1. The van der Waals surface area contributed by atoms with Gasteiger partial charge in [-0.15, -0.1) is 0 Å². The van der Waals surface area contributed by atoms with Gasteiger partial charge < -0.3 is 21.1 Å². The summed E-state index contributed by atoms with van der Waals surface area (Å²) in [5.74, 6) is -6.89. The maximum atomic E-state index is 15.8. The van der Waals surface area contributed by atoms with Crippen molar-refractivity contribution in [3.63, 3.8) is 0 Å². The molecular formula is C25H23F3N6O6S. The molecule has 0 saturated carbocycles. The predicted molar refractivity (Wildman–Crippen MR) is 137 cm³/mol. The lowest BCUT2D eigenvalue weighted by molar-refractivity contribution is -0.138. The minimum atomic E-state index is -4.35.